The minimum atomic E-state index is -0.216. The minimum Gasteiger partial charge on any atom is -0.360 e. The first-order valence-corrected chi connectivity index (χ1v) is 10.0. The summed E-state index contributed by atoms with van der Waals surface area (Å²) in [6.07, 6.45) is 0. The van der Waals surface area contributed by atoms with Crippen molar-refractivity contribution in [2.75, 3.05) is 16.8 Å². The molecule has 0 aliphatic heterocycles. The molecular weight excluding hydrogens is 362 g/mol. The second kappa shape index (κ2) is 9.08. The van der Waals surface area contributed by atoms with Crippen LogP contribution in [0, 0.1) is 6.92 Å². The second-order valence-electron chi connectivity index (χ2n) is 7.52. The fraction of sp³-hybridized carbons (Fsp3) is 0.450. The molecule has 2 rings (SSSR count). The van der Waals surface area contributed by atoms with E-state index in [-0.39, 0.29) is 34.8 Å². The van der Waals surface area contributed by atoms with Gasteiger partial charge in [0.25, 0.3) is 0 Å². The molecule has 0 radical (unpaired) electrons. The zero-order valence-corrected chi connectivity index (χ0v) is 17.3. The van der Waals surface area contributed by atoms with Gasteiger partial charge in [-0.3, -0.25) is 9.59 Å². The van der Waals surface area contributed by atoms with E-state index in [4.69, 9.17) is 4.52 Å². The lowest BCUT2D eigenvalue weighted by atomic mass is 9.86. The van der Waals surface area contributed by atoms with E-state index in [0.29, 0.717) is 11.6 Å². The first-order chi connectivity index (χ1) is 12.6. The quantitative estimate of drug-likeness (QED) is 0.752. The number of anilines is 1. The summed E-state index contributed by atoms with van der Waals surface area (Å²) in [6, 6.07) is 9.85. The Balaban J connectivity index is 1.74. The maximum Gasteiger partial charge on any atom is 0.235 e. The average Bonchev–Trinajstić information content (AvgIpc) is 2.98. The van der Waals surface area contributed by atoms with Gasteiger partial charge in [-0.05, 0) is 30.4 Å². The molecule has 0 saturated heterocycles. The van der Waals surface area contributed by atoms with Gasteiger partial charge in [0.05, 0.1) is 17.5 Å². The van der Waals surface area contributed by atoms with Gasteiger partial charge in [-0.1, -0.05) is 50.2 Å². The number of aryl methyl sites for hydroxylation is 1. The number of carbonyl (C=O) groups is 2. The Hall–Kier alpha value is -2.28. The van der Waals surface area contributed by atoms with E-state index < -0.39 is 0 Å². The molecule has 2 N–H and O–H groups in total. The summed E-state index contributed by atoms with van der Waals surface area (Å²) in [5.41, 5.74) is 2.42. The highest BCUT2D eigenvalue weighted by Crippen LogP contribution is 2.24. The Morgan fingerprint density at radius 2 is 1.78 bits per heavy atom. The molecule has 0 spiro atoms. The Kier molecular flexibility index (Phi) is 7.07. The molecule has 7 heteroatoms. The van der Waals surface area contributed by atoms with Crippen LogP contribution in [-0.4, -0.2) is 28.5 Å². The summed E-state index contributed by atoms with van der Waals surface area (Å²) in [7, 11) is 0. The second-order valence-corrected chi connectivity index (χ2v) is 8.51. The van der Waals surface area contributed by atoms with Crippen molar-refractivity contribution in [3.8, 4) is 0 Å². The van der Waals surface area contributed by atoms with E-state index in [0.717, 1.165) is 5.56 Å². The summed E-state index contributed by atoms with van der Waals surface area (Å²) in [5, 5.41) is 9.28. The maximum atomic E-state index is 12.1. The number of nitrogens with zero attached hydrogens (tertiary/aromatic N) is 1. The summed E-state index contributed by atoms with van der Waals surface area (Å²) in [6.45, 7) is 10.2. The van der Waals surface area contributed by atoms with E-state index in [1.165, 1.54) is 17.3 Å². The summed E-state index contributed by atoms with van der Waals surface area (Å²) in [4.78, 5) is 23.9. The number of carbonyl (C=O) groups excluding carboxylic acids is 2. The predicted octanol–water partition coefficient (Wildman–Crippen LogP) is 3.83. The van der Waals surface area contributed by atoms with Crippen molar-refractivity contribution >= 4 is 29.4 Å². The molecule has 0 aliphatic carbocycles. The number of nitrogens with one attached hydrogen (secondary N) is 2. The molecule has 1 heterocycles. The van der Waals surface area contributed by atoms with Gasteiger partial charge in [-0.25, -0.2) is 0 Å². The molecule has 2 amide bonds. The molecule has 146 valence electrons. The molecule has 0 fully saturated rings. The highest BCUT2D eigenvalue weighted by molar-refractivity contribution is 8.00. The SMILES string of the molecule is Cc1cc(NC(=O)CSCC(=O)NC(C)c2ccc(C(C)(C)C)cc2)no1. The lowest BCUT2D eigenvalue weighted by molar-refractivity contribution is -0.119. The first-order valence-electron chi connectivity index (χ1n) is 8.86. The van der Waals surface area contributed by atoms with Crippen LogP contribution >= 0.6 is 11.8 Å². The Morgan fingerprint density at radius 3 is 2.33 bits per heavy atom. The molecule has 27 heavy (non-hydrogen) atoms. The van der Waals surface area contributed by atoms with Crippen LogP contribution in [0.3, 0.4) is 0 Å². The number of amides is 2. The number of benzene rings is 1. The van der Waals surface area contributed by atoms with Crippen molar-refractivity contribution in [3.63, 3.8) is 0 Å². The van der Waals surface area contributed by atoms with Crippen LogP contribution in [0.5, 0.6) is 0 Å². The average molecular weight is 390 g/mol. The monoisotopic (exact) mass is 389 g/mol. The van der Waals surface area contributed by atoms with Crippen LogP contribution in [0.25, 0.3) is 0 Å². The van der Waals surface area contributed by atoms with Crippen LogP contribution < -0.4 is 10.6 Å². The smallest absolute Gasteiger partial charge is 0.235 e. The molecule has 0 aliphatic rings. The lowest BCUT2D eigenvalue weighted by Crippen LogP contribution is -2.29. The van der Waals surface area contributed by atoms with Crippen LogP contribution in [0.4, 0.5) is 5.82 Å². The first kappa shape index (κ1) is 21.0. The van der Waals surface area contributed by atoms with Crippen molar-refractivity contribution in [1.29, 1.82) is 0 Å². The molecule has 2 aromatic rings. The van der Waals surface area contributed by atoms with E-state index in [1.54, 1.807) is 13.0 Å². The van der Waals surface area contributed by atoms with Gasteiger partial charge in [-0.15, -0.1) is 11.8 Å². The minimum absolute atomic E-state index is 0.0842. The predicted molar refractivity (Wildman–Crippen MR) is 109 cm³/mol. The van der Waals surface area contributed by atoms with Gasteiger partial charge >= 0.3 is 0 Å². The van der Waals surface area contributed by atoms with E-state index >= 15 is 0 Å². The summed E-state index contributed by atoms with van der Waals surface area (Å²) < 4.78 is 4.88. The van der Waals surface area contributed by atoms with E-state index in [9.17, 15) is 9.59 Å². The normalized spacial score (nSPS) is 12.5. The fourth-order valence-corrected chi connectivity index (χ4v) is 3.11. The third kappa shape index (κ3) is 6.75. The highest BCUT2D eigenvalue weighted by atomic mass is 32.2. The molecule has 0 saturated carbocycles. The molecular formula is C20H27N3O3S. The van der Waals surface area contributed by atoms with Crippen LogP contribution in [-0.2, 0) is 15.0 Å². The van der Waals surface area contributed by atoms with Gasteiger partial charge < -0.3 is 15.2 Å². The van der Waals surface area contributed by atoms with Gasteiger partial charge in [-0.2, -0.15) is 0 Å². The number of aromatic nitrogens is 1. The van der Waals surface area contributed by atoms with Gasteiger partial charge in [0, 0.05) is 6.07 Å². The fourth-order valence-electron chi connectivity index (χ4n) is 2.48. The Morgan fingerprint density at radius 1 is 1.15 bits per heavy atom. The third-order valence-electron chi connectivity index (χ3n) is 4.02. The largest absolute Gasteiger partial charge is 0.360 e. The maximum absolute atomic E-state index is 12.1. The molecule has 1 unspecified atom stereocenters. The van der Waals surface area contributed by atoms with Crippen molar-refractivity contribution in [2.24, 2.45) is 0 Å². The van der Waals surface area contributed by atoms with Crippen molar-refractivity contribution in [2.45, 2.75) is 46.1 Å². The zero-order valence-electron chi connectivity index (χ0n) is 16.5. The Bertz CT molecular complexity index is 779. The van der Waals surface area contributed by atoms with Crippen LogP contribution in [0.2, 0.25) is 0 Å². The van der Waals surface area contributed by atoms with E-state index in [2.05, 4.69) is 48.7 Å². The van der Waals surface area contributed by atoms with Gasteiger partial charge in [0.15, 0.2) is 5.82 Å². The molecule has 0 bridgehead atoms. The number of hydrogen-bond acceptors (Lipinski definition) is 5. The standard InChI is InChI=1S/C20H27N3O3S/c1-13-10-17(23-26-13)22-19(25)12-27-11-18(24)21-14(2)15-6-8-16(9-7-15)20(3,4)5/h6-10,14H,11-12H2,1-5H3,(H,21,24)(H,22,23,25). The molecule has 1 atom stereocenters. The topological polar surface area (TPSA) is 84.2 Å². The van der Waals surface area contributed by atoms with Crippen molar-refractivity contribution in [1.82, 2.24) is 10.5 Å². The molecule has 6 nitrogen and oxygen atoms in total. The van der Waals surface area contributed by atoms with Crippen molar-refractivity contribution < 1.29 is 14.1 Å². The summed E-state index contributed by atoms with van der Waals surface area (Å²) >= 11 is 1.26. The van der Waals surface area contributed by atoms with Crippen molar-refractivity contribution in [3.05, 3.63) is 47.2 Å². The van der Waals surface area contributed by atoms with Gasteiger partial charge in [0.2, 0.25) is 11.8 Å². The highest BCUT2D eigenvalue weighted by Gasteiger charge is 2.15. The Labute approximate surface area is 164 Å². The number of thioether (sulfide) groups is 1. The third-order valence-corrected chi connectivity index (χ3v) is 4.95. The van der Waals surface area contributed by atoms with Gasteiger partial charge in [0.1, 0.15) is 5.76 Å². The molecule has 1 aromatic carbocycles. The van der Waals surface area contributed by atoms with Crippen LogP contribution in [0.15, 0.2) is 34.9 Å². The van der Waals surface area contributed by atoms with E-state index in [1.807, 2.05) is 19.1 Å². The molecule has 1 aromatic heterocycles. The van der Waals surface area contributed by atoms with Crippen LogP contribution in [0.1, 0.15) is 50.6 Å². The number of hydrogen-bond donors (Lipinski definition) is 2. The zero-order chi connectivity index (χ0) is 20.0. The lowest BCUT2D eigenvalue weighted by Gasteiger charge is -2.20. The summed E-state index contributed by atoms with van der Waals surface area (Å²) in [5.74, 6) is 1.09. The number of rotatable bonds is 7.